The molecule has 1 aliphatic rings. The summed E-state index contributed by atoms with van der Waals surface area (Å²) in [6.45, 7) is 11.4. The van der Waals surface area contributed by atoms with Gasteiger partial charge in [-0.2, -0.15) is 0 Å². The van der Waals surface area contributed by atoms with Crippen LogP contribution in [0, 0.1) is 5.92 Å². The Morgan fingerprint density at radius 2 is 2.19 bits per heavy atom. The summed E-state index contributed by atoms with van der Waals surface area (Å²) in [4.78, 5) is 28.4. The van der Waals surface area contributed by atoms with Crippen LogP contribution in [0.25, 0.3) is 0 Å². The fourth-order valence-corrected chi connectivity index (χ4v) is 2.83. The van der Waals surface area contributed by atoms with E-state index in [1.54, 1.807) is 12.3 Å². The van der Waals surface area contributed by atoms with Gasteiger partial charge < -0.3 is 14.8 Å². The summed E-state index contributed by atoms with van der Waals surface area (Å²) in [6.07, 6.45) is 4.26. The summed E-state index contributed by atoms with van der Waals surface area (Å²) < 4.78 is 10.4. The van der Waals surface area contributed by atoms with Gasteiger partial charge in [0.15, 0.2) is 0 Å². The predicted octanol–water partition coefficient (Wildman–Crippen LogP) is 3.89. The Morgan fingerprint density at radius 3 is 2.81 bits per heavy atom. The minimum atomic E-state index is -0.570. The molecule has 142 valence electrons. The van der Waals surface area contributed by atoms with Crippen LogP contribution in [0.1, 0.15) is 63.8 Å². The van der Waals surface area contributed by atoms with Crippen molar-refractivity contribution >= 4 is 12.1 Å². The van der Waals surface area contributed by atoms with E-state index in [1.165, 1.54) is 0 Å². The standard InChI is InChI=1S/C20H28N2O4/c1-6-8-16(22-19(24)26-20(3,4)5)17-11-13(9-10-21-17)14-12-15(14)18(23)25-7-2/h6,9-11,14-16H,1,7-8,12H2,2-5H3,(H,22,24)/t14-,15-,16-/m0/s1. The molecule has 2 rings (SSSR count). The minimum absolute atomic E-state index is 0.0816. The van der Waals surface area contributed by atoms with E-state index in [-0.39, 0.29) is 23.8 Å². The minimum Gasteiger partial charge on any atom is -0.466 e. The Morgan fingerprint density at radius 1 is 1.46 bits per heavy atom. The van der Waals surface area contributed by atoms with E-state index in [4.69, 9.17) is 9.47 Å². The van der Waals surface area contributed by atoms with Crippen LogP contribution in [0.3, 0.4) is 0 Å². The lowest BCUT2D eigenvalue weighted by Crippen LogP contribution is -2.35. The molecule has 6 heteroatoms. The van der Waals surface area contributed by atoms with Gasteiger partial charge in [0, 0.05) is 6.20 Å². The van der Waals surface area contributed by atoms with Gasteiger partial charge in [0.05, 0.1) is 24.3 Å². The maximum Gasteiger partial charge on any atom is 0.408 e. The molecule has 1 aromatic rings. The summed E-state index contributed by atoms with van der Waals surface area (Å²) in [5.74, 6) is -0.0750. The highest BCUT2D eigenvalue weighted by molar-refractivity contribution is 5.77. The van der Waals surface area contributed by atoms with E-state index in [9.17, 15) is 9.59 Å². The van der Waals surface area contributed by atoms with Gasteiger partial charge in [0.2, 0.25) is 0 Å². The van der Waals surface area contributed by atoms with E-state index < -0.39 is 11.7 Å². The zero-order valence-electron chi connectivity index (χ0n) is 16.0. The van der Waals surface area contributed by atoms with E-state index >= 15 is 0 Å². The lowest BCUT2D eigenvalue weighted by Gasteiger charge is -2.23. The molecule has 26 heavy (non-hydrogen) atoms. The Hall–Kier alpha value is -2.37. The molecule has 0 aromatic carbocycles. The van der Waals surface area contributed by atoms with Gasteiger partial charge in [0.25, 0.3) is 0 Å². The van der Waals surface area contributed by atoms with Crippen LogP contribution in [0.4, 0.5) is 4.79 Å². The van der Waals surface area contributed by atoms with Crippen molar-refractivity contribution in [2.75, 3.05) is 6.61 Å². The van der Waals surface area contributed by atoms with Crippen LogP contribution < -0.4 is 5.32 Å². The monoisotopic (exact) mass is 360 g/mol. The number of hydrogen-bond donors (Lipinski definition) is 1. The quantitative estimate of drug-likeness (QED) is 0.589. The van der Waals surface area contributed by atoms with Crippen LogP contribution >= 0.6 is 0 Å². The molecule has 0 spiro atoms. The Labute approximate surface area is 155 Å². The molecule has 0 unspecified atom stereocenters. The van der Waals surface area contributed by atoms with Crippen molar-refractivity contribution in [1.29, 1.82) is 0 Å². The zero-order chi connectivity index (χ0) is 19.3. The van der Waals surface area contributed by atoms with Crippen molar-refractivity contribution in [3.63, 3.8) is 0 Å². The molecule has 1 heterocycles. The first-order valence-corrected chi connectivity index (χ1v) is 8.98. The molecule has 0 bridgehead atoms. The van der Waals surface area contributed by atoms with Crippen LogP contribution in [0.15, 0.2) is 31.0 Å². The number of alkyl carbamates (subject to hydrolysis) is 1. The molecule has 1 N–H and O–H groups in total. The highest BCUT2D eigenvalue weighted by Gasteiger charge is 2.45. The molecule has 1 amide bonds. The number of aromatic nitrogens is 1. The molecular weight excluding hydrogens is 332 g/mol. The first kappa shape index (κ1) is 19.9. The second-order valence-electron chi connectivity index (χ2n) is 7.44. The van der Waals surface area contributed by atoms with Crippen molar-refractivity contribution < 1.29 is 19.1 Å². The fraction of sp³-hybridized carbons (Fsp3) is 0.550. The largest absolute Gasteiger partial charge is 0.466 e. The van der Waals surface area contributed by atoms with Crippen molar-refractivity contribution in [1.82, 2.24) is 10.3 Å². The molecule has 1 aromatic heterocycles. The third-order valence-corrected chi connectivity index (χ3v) is 4.06. The maximum atomic E-state index is 12.1. The summed E-state index contributed by atoms with van der Waals surface area (Å²) in [5.41, 5.74) is 1.19. The molecule has 1 saturated carbocycles. The van der Waals surface area contributed by atoms with Crippen molar-refractivity contribution in [3.05, 3.63) is 42.2 Å². The average molecular weight is 360 g/mol. The maximum absolute atomic E-state index is 12.1. The fourth-order valence-electron chi connectivity index (χ4n) is 2.83. The number of esters is 1. The SMILES string of the molecule is C=CC[C@H](NC(=O)OC(C)(C)C)c1cc([C@@H]2C[C@@H]2C(=O)OCC)ccn1. The lowest BCUT2D eigenvalue weighted by molar-refractivity contribution is -0.144. The van der Waals surface area contributed by atoms with Gasteiger partial charge in [-0.05, 0) is 64.2 Å². The molecule has 6 nitrogen and oxygen atoms in total. The van der Waals surface area contributed by atoms with Gasteiger partial charge in [-0.1, -0.05) is 6.08 Å². The highest BCUT2D eigenvalue weighted by Crippen LogP contribution is 2.48. The molecule has 0 radical (unpaired) electrons. The number of rotatable bonds is 7. The number of ether oxygens (including phenoxy) is 2. The summed E-state index contributed by atoms with van der Waals surface area (Å²) >= 11 is 0. The van der Waals surface area contributed by atoms with Crippen LogP contribution in [-0.2, 0) is 14.3 Å². The van der Waals surface area contributed by atoms with Gasteiger partial charge in [-0.3, -0.25) is 9.78 Å². The summed E-state index contributed by atoms with van der Waals surface area (Å²) in [7, 11) is 0. The predicted molar refractivity (Wildman–Crippen MR) is 98.6 cm³/mol. The first-order chi connectivity index (χ1) is 12.2. The normalized spacial score (nSPS) is 20.0. The molecule has 1 aliphatic carbocycles. The Kier molecular flexibility index (Phi) is 6.40. The second-order valence-corrected chi connectivity index (χ2v) is 7.44. The second kappa shape index (κ2) is 8.34. The third kappa shape index (κ3) is 5.58. The van der Waals surface area contributed by atoms with E-state index in [1.807, 2.05) is 39.8 Å². The van der Waals surface area contributed by atoms with Gasteiger partial charge in [0.1, 0.15) is 5.60 Å². The van der Waals surface area contributed by atoms with E-state index in [0.29, 0.717) is 13.0 Å². The number of amides is 1. The highest BCUT2D eigenvalue weighted by atomic mass is 16.6. The molecule has 3 atom stereocenters. The zero-order valence-corrected chi connectivity index (χ0v) is 16.0. The van der Waals surface area contributed by atoms with Gasteiger partial charge in [-0.15, -0.1) is 6.58 Å². The molecular formula is C20H28N2O4. The number of hydrogen-bond acceptors (Lipinski definition) is 5. The topological polar surface area (TPSA) is 77.5 Å². The summed E-state index contributed by atoms with van der Waals surface area (Å²) in [6, 6.07) is 3.52. The smallest absolute Gasteiger partial charge is 0.408 e. The number of nitrogens with zero attached hydrogens (tertiary/aromatic N) is 1. The Bertz CT molecular complexity index is 666. The van der Waals surface area contributed by atoms with E-state index in [2.05, 4.69) is 16.9 Å². The van der Waals surface area contributed by atoms with Crippen LogP contribution in [0.2, 0.25) is 0 Å². The van der Waals surface area contributed by atoms with Crippen molar-refractivity contribution in [3.8, 4) is 0 Å². The molecule has 0 saturated heterocycles. The first-order valence-electron chi connectivity index (χ1n) is 8.98. The molecule has 0 aliphatic heterocycles. The van der Waals surface area contributed by atoms with E-state index in [0.717, 1.165) is 17.7 Å². The lowest BCUT2D eigenvalue weighted by atomic mass is 10.0. The van der Waals surface area contributed by atoms with Crippen LogP contribution in [0.5, 0.6) is 0 Å². The summed E-state index contributed by atoms with van der Waals surface area (Å²) in [5, 5.41) is 2.85. The Balaban J connectivity index is 2.09. The number of carbonyl (C=O) groups excluding carboxylic acids is 2. The number of carbonyl (C=O) groups is 2. The molecule has 1 fully saturated rings. The van der Waals surface area contributed by atoms with Crippen molar-refractivity contribution in [2.24, 2.45) is 5.92 Å². The van der Waals surface area contributed by atoms with Crippen molar-refractivity contribution in [2.45, 2.75) is 58.1 Å². The third-order valence-electron chi connectivity index (χ3n) is 4.06. The number of nitrogens with one attached hydrogen (secondary N) is 1. The van der Waals surface area contributed by atoms with Gasteiger partial charge in [-0.25, -0.2) is 4.79 Å². The number of pyridine rings is 1. The van der Waals surface area contributed by atoms with Gasteiger partial charge >= 0.3 is 12.1 Å². The van der Waals surface area contributed by atoms with Crippen LogP contribution in [-0.4, -0.2) is 29.3 Å². The average Bonchev–Trinajstić information content (AvgIpc) is 3.34.